The van der Waals surface area contributed by atoms with Crippen LogP contribution in [-0.2, 0) is 17.1 Å². The van der Waals surface area contributed by atoms with Crippen LogP contribution in [0.15, 0.2) is 42.7 Å². The fraction of sp³-hybridized carbons (Fsp3) is 0.273. The molecule has 2 aromatic heterocycles. The Balaban J connectivity index is 1.51. The van der Waals surface area contributed by atoms with Crippen LogP contribution in [0.5, 0.6) is 0 Å². The van der Waals surface area contributed by atoms with Crippen molar-refractivity contribution in [3.05, 3.63) is 59.1 Å². The van der Waals surface area contributed by atoms with Gasteiger partial charge in [-0.05, 0) is 24.3 Å². The van der Waals surface area contributed by atoms with Crippen LogP contribution in [0.25, 0.3) is 11.4 Å². The SMILES string of the molecule is Cn1cc(C(=O)Nc2cc(Cl)cc(NS(C)(=O)=O)c2)cc1-c1ncc(N2CC(C(F)(F)F)C2)cc1F. The third kappa shape index (κ3) is 5.73. The second-order valence-corrected chi connectivity index (χ2v) is 10.6. The van der Waals surface area contributed by atoms with E-state index >= 15 is 0 Å². The predicted octanol–water partition coefficient (Wildman–Crippen LogP) is 4.50. The maximum Gasteiger partial charge on any atom is 0.395 e. The molecule has 14 heteroatoms. The number of amides is 1. The van der Waals surface area contributed by atoms with Crippen LogP contribution < -0.4 is 14.9 Å². The van der Waals surface area contributed by atoms with E-state index in [1.807, 2.05) is 0 Å². The lowest BCUT2D eigenvalue weighted by Crippen LogP contribution is -2.53. The first-order valence-corrected chi connectivity index (χ1v) is 12.7. The van der Waals surface area contributed by atoms with Crippen LogP contribution in [0.4, 0.5) is 34.6 Å². The number of nitrogens with zero attached hydrogens (tertiary/aromatic N) is 3. The van der Waals surface area contributed by atoms with Crippen molar-refractivity contribution in [3.8, 4) is 11.4 Å². The summed E-state index contributed by atoms with van der Waals surface area (Å²) in [5.41, 5.74) is 0.977. The molecule has 4 rings (SSSR count). The molecule has 0 saturated carbocycles. The molecule has 1 aliphatic rings. The second kappa shape index (κ2) is 9.28. The number of aryl methyl sites for hydroxylation is 1. The highest BCUT2D eigenvalue weighted by atomic mass is 35.5. The normalized spacial score (nSPS) is 14.5. The topological polar surface area (TPSA) is 96.3 Å². The van der Waals surface area contributed by atoms with Crippen LogP contribution in [0.3, 0.4) is 0 Å². The van der Waals surface area contributed by atoms with E-state index in [-0.39, 0.29) is 52.1 Å². The summed E-state index contributed by atoms with van der Waals surface area (Å²) in [6.07, 6.45) is -0.581. The number of sulfonamides is 1. The highest BCUT2D eigenvalue weighted by molar-refractivity contribution is 7.92. The van der Waals surface area contributed by atoms with Gasteiger partial charge >= 0.3 is 6.18 Å². The molecule has 0 spiro atoms. The number of alkyl halides is 3. The molecule has 0 radical (unpaired) electrons. The van der Waals surface area contributed by atoms with Gasteiger partial charge in [0.15, 0.2) is 5.82 Å². The standard InChI is InChI=1S/C22H20ClF4N5O3S/c1-31-9-12(21(33)29-15-4-14(23)5-16(6-15)30-36(2,34)35)3-19(31)20-18(24)7-17(8-28-20)32-10-13(11-32)22(25,26)27/h3-9,13,30H,10-11H2,1-2H3,(H,29,33). The van der Waals surface area contributed by atoms with Crippen molar-refractivity contribution in [3.63, 3.8) is 0 Å². The first-order chi connectivity index (χ1) is 16.7. The molecule has 1 amide bonds. The Morgan fingerprint density at radius 3 is 2.42 bits per heavy atom. The first kappa shape index (κ1) is 25.8. The molecule has 0 bridgehead atoms. The van der Waals surface area contributed by atoms with Gasteiger partial charge in [-0.2, -0.15) is 13.2 Å². The molecule has 3 aromatic rings. The zero-order valence-electron chi connectivity index (χ0n) is 18.9. The van der Waals surface area contributed by atoms with Crippen molar-refractivity contribution in [1.82, 2.24) is 9.55 Å². The van der Waals surface area contributed by atoms with Gasteiger partial charge in [0.25, 0.3) is 5.91 Å². The summed E-state index contributed by atoms with van der Waals surface area (Å²) in [5.74, 6) is -2.77. The maximum absolute atomic E-state index is 14.9. The van der Waals surface area contributed by atoms with Crippen LogP contribution in [-0.4, -0.2) is 49.4 Å². The average Bonchev–Trinajstić information content (AvgIpc) is 3.05. The summed E-state index contributed by atoms with van der Waals surface area (Å²) >= 11 is 6.02. The lowest BCUT2D eigenvalue weighted by molar-refractivity contribution is -0.180. The highest BCUT2D eigenvalue weighted by Gasteiger charge is 2.47. The Bertz CT molecular complexity index is 1440. The molecule has 0 atom stereocenters. The number of anilines is 3. The largest absolute Gasteiger partial charge is 0.395 e. The van der Waals surface area contributed by atoms with E-state index in [2.05, 4.69) is 15.0 Å². The number of rotatable bonds is 6. The molecule has 1 aromatic carbocycles. The van der Waals surface area contributed by atoms with Crippen molar-refractivity contribution < 1.29 is 30.8 Å². The number of halogens is 5. The molecule has 3 heterocycles. The van der Waals surface area contributed by atoms with E-state index < -0.39 is 33.8 Å². The molecule has 1 aliphatic heterocycles. The smallest absolute Gasteiger partial charge is 0.369 e. The second-order valence-electron chi connectivity index (χ2n) is 8.45. The van der Waals surface area contributed by atoms with Gasteiger partial charge < -0.3 is 14.8 Å². The molecular weight excluding hydrogens is 526 g/mol. The number of hydrogen-bond donors (Lipinski definition) is 2. The summed E-state index contributed by atoms with van der Waals surface area (Å²) < 4.78 is 79.7. The highest BCUT2D eigenvalue weighted by Crippen LogP contribution is 2.37. The van der Waals surface area contributed by atoms with Gasteiger partial charge in [-0.3, -0.25) is 9.52 Å². The molecule has 0 unspecified atom stereocenters. The number of pyridine rings is 1. The lowest BCUT2D eigenvalue weighted by Gasteiger charge is -2.41. The number of carbonyl (C=O) groups is 1. The molecule has 1 fully saturated rings. The van der Waals surface area contributed by atoms with Gasteiger partial charge in [-0.15, -0.1) is 0 Å². The van der Waals surface area contributed by atoms with E-state index in [1.54, 1.807) is 7.05 Å². The molecule has 1 saturated heterocycles. The Morgan fingerprint density at radius 1 is 1.14 bits per heavy atom. The minimum absolute atomic E-state index is 0.0735. The zero-order valence-corrected chi connectivity index (χ0v) is 20.5. The summed E-state index contributed by atoms with van der Waals surface area (Å²) in [6, 6.07) is 6.71. The third-order valence-electron chi connectivity index (χ3n) is 5.51. The Morgan fingerprint density at radius 2 is 1.81 bits per heavy atom. The lowest BCUT2D eigenvalue weighted by atomic mass is 9.99. The first-order valence-electron chi connectivity index (χ1n) is 10.4. The van der Waals surface area contributed by atoms with Gasteiger partial charge in [0.1, 0.15) is 5.69 Å². The van der Waals surface area contributed by atoms with Crippen molar-refractivity contribution >= 4 is 44.6 Å². The maximum atomic E-state index is 14.9. The van der Waals surface area contributed by atoms with E-state index in [4.69, 9.17) is 11.6 Å². The number of nitrogens with one attached hydrogen (secondary N) is 2. The molecule has 192 valence electrons. The Labute approximate surface area is 208 Å². The van der Waals surface area contributed by atoms with Gasteiger partial charge in [0, 0.05) is 43.1 Å². The third-order valence-corrected chi connectivity index (χ3v) is 6.33. The van der Waals surface area contributed by atoms with Crippen molar-refractivity contribution in [2.45, 2.75) is 6.18 Å². The summed E-state index contributed by atoms with van der Waals surface area (Å²) in [7, 11) is -1.98. The zero-order chi connectivity index (χ0) is 26.4. The van der Waals surface area contributed by atoms with E-state index in [1.165, 1.54) is 46.1 Å². The van der Waals surface area contributed by atoms with Gasteiger partial charge in [-0.1, -0.05) is 11.6 Å². The van der Waals surface area contributed by atoms with Gasteiger partial charge in [-0.25, -0.2) is 17.8 Å². The van der Waals surface area contributed by atoms with E-state index in [9.17, 15) is 30.8 Å². The Kier molecular flexibility index (Phi) is 6.64. The van der Waals surface area contributed by atoms with Crippen LogP contribution >= 0.6 is 11.6 Å². The van der Waals surface area contributed by atoms with Crippen molar-refractivity contribution in [2.24, 2.45) is 13.0 Å². The van der Waals surface area contributed by atoms with E-state index in [0.29, 0.717) is 0 Å². The number of carbonyl (C=O) groups excluding carboxylic acids is 1. The Hall–Kier alpha value is -3.32. The summed E-state index contributed by atoms with van der Waals surface area (Å²) in [6.45, 7) is -0.521. The van der Waals surface area contributed by atoms with Crippen LogP contribution in [0.1, 0.15) is 10.4 Å². The van der Waals surface area contributed by atoms with Crippen LogP contribution in [0.2, 0.25) is 5.02 Å². The van der Waals surface area contributed by atoms with Gasteiger partial charge in [0.05, 0.1) is 41.0 Å². The van der Waals surface area contributed by atoms with Crippen LogP contribution in [0, 0.1) is 11.7 Å². The molecule has 8 nitrogen and oxygen atoms in total. The number of aromatic nitrogens is 2. The average molecular weight is 546 g/mol. The fourth-order valence-corrected chi connectivity index (χ4v) is 4.53. The minimum atomic E-state index is -4.29. The quantitative estimate of drug-likeness (QED) is 0.445. The summed E-state index contributed by atoms with van der Waals surface area (Å²) in [4.78, 5) is 18.3. The van der Waals surface area contributed by atoms with Gasteiger partial charge in [0.2, 0.25) is 10.0 Å². The van der Waals surface area contributed by atoms with E-state index in [0.717, 1.165) is 12.3 Å². The predicted molar refractivity (Wildman–Crippen MR) is 128 cm³/mol. The number of benzene rings is 1. The molecule has 0 aliphatic carbocycles. The number of hydrogen-bond acceptors (Lipinski definition) is 5. The van der Waals surface area contributed by atoms with Crippen molar-refractivity contribution in [1.29, 1.82) is 0 Å². The molecule has 2 N–H and O–H groups in total. The fourth-order valence-electron chi connectivity index (χ4n) is 3.75. The monoisotopic (exact) mass is 545 g/mol. The molecular formula is C22H20ClF4N5O3S. The summed E-state index contributed by atoms with van der Waals surface area (Å²) in [5, 5.41) is 2.79. The minimum Gasteiger partial charge on any atom is -0.369 e. The molecule has 36 heavy (non-hydrogen) atoms. The van der Waals surface area contributed by atoms with Crippen molar-refractivity contribution in [2.75, 3.05) is 34.3 Å².